The van der Waals surface area contributed by atoms with Crippen molar-refractivity contribution in [1.82, 2.24) is 14.8 Å². The maximum Gasteiger partial charge on any atom is 0.227 e. The van der Waals surface area contributed by atoms with Crippen LogP contribution in [0.25, 0.3) is 0 Å². The highest BCUT2D eigenvalue weighted by atomic mass is 35.5. The minimum Gasteiger partial charge on any atom is -0.340 e. The van der Waals surface area contributed by atoms with Crippen LogP contribution in [0.5, 0.6) is 0 Å². The molecule has 5 nitrogen and oxygen atoms in total. The second kappa shape index (κ2) is 9.00. The Morgan fingerprint density at radius 2 is 1.81 bits per heavy atom. The average molecular weight is 448 g/mol. The molecule has 6 heteroatoms. The number of amides is 1. The van der Waals surface area contributed by atoms with Gasteiger partial charge in [0, 0.05) is 49.5 Å². The predicted molar refractivity (Wildman–Crippen MR) is 124 cm³/mol. The number of piperazine rings is 1. The van der Waals surface area contributed by atoms with Crippen LogP contribution in [-0.4, -0.2) is 46.9 Å². The van der Waals surface area contributed by atoms with Gasteiger partial charge >= 0.3 is 0 Å². The number of rotatable bonds is 3. The molecule has 164 valence electrons. The van der Waals surface area contributed by atoms with Crippen molar-refractivity contribution in [1.29, 1.82) is 0 Å². The fraction of sp³-hybridized carbons (Fsp3) is 0.346. The Balaban J connectivity index is 1.35. The van der Waals surface area contributed by atoms with E-state index in [1.54, 1.807) is 0 Å². The first-order valence-corrected chi connectivity index (χ1v) is 11.6. The topological polar surface area (TPSA) is 40.3 Å². The lowest BCUT2D eigenvalue weighted by Gasteiger charge is -2.39. The van der Waals surface area contributed by atoms with Crippen LogP contribution in [0.4, 0.5) is 0 Å². The maximum atomic E-state index is 12.9. The zero-order valence-corrected chi connectivity index (χ0v) is 19.1. The van der Waals surface area contributed by atoms with Gasteiger partial charge in [-0.25, -0.2) is 4.57 Å². The smallest absolute Gasteiger partial charge is 0.227 e. The fourth-order valence-electron chi connectivity index (χ4n) is 4.92. The molecule has 1 saturated heterocycles. The first-order chi connectivity index (χ1) is 15.6. The molecule has 0 bridgehead atoms. The highest BCUT2D eigenvalue weighted by Crippen LogP contribution is 2.37. The van der Waals surface area contributed by atoms with Gasteiger partial charge in [0.25, 0.3) is 0 Å². The van der Waals surface area contributed by atoms with Crippen LogP contribution in [0.15, 0.2) is 61.1 Å². The normalized spacial score (nSPS) is 18.6. The number of carbonyl (C=O) groups excluding carboxylic acids is 1. The largest absolute Gasteiger partial charge is 0.340 e. The zero-order chi connectivity index (χ0) is 22.1. The predicted octanol–water partition coefficient (Wildman–Crippen LogP) is 3.13. The fourth-order valence-corrected chi connectivity index (χ4v) is 5.11. The molecule has 32 heavy (non-hydrogen) atoms. The lowest BCUT2D eigenvalue weighted by molar-refractivity contribution is -0.671. The van der Waals surface area contributed by atoms with Gasteiger partial charge in [0.05, 0.1) is 18.2 Å². The van der Waals surface area contributed by atoms with Crippen molar-refractivity contribution < 1.29 is 9.36 Å². The average Bonchev–Trinajstić information content (AvgIpc) is 2.97. The van der Waals surface area contributed by atoms with Crippen LogP contribution in [0.1, 0.15) is 34.0 Å². The van der Waals surface area contributed by atoms with Gasteiger partial charge in [0.15, 0.2) is 12.4 Å². The second-order valence-electron chi connectivity index (χ2n) is 8.76. The van der Waals surface area contributed by atoms with Crippen LogP contribution in [0.2, 0.25) is 5.02 Å². The van der Waals surface area contributed by atoms with Crippen molar-refractivity contribution in [3.63, 3.8) is 0 Å². The van der Waals surface area contributed by atoms with E-state index >= 15 is 0 Å². The van der Waals surface area contributed by atoms with Crippen LogP contribution < -0.4 is 4.57 Å². The Kier molecular flexibility index (Phi) is 5.94. The van der Waals surface area contributed by atoms with Gasteiger partial charge in [-0.2, -0.15) is 0 Å². The molecule has 5 rings (SSSR count). The molecule has 0 radical (unpaired) electrons. The standard InChI is InChI=1S/C26H28ClN4O/c1-29-11-8-19(9-12-29)17-24(32)30-13-15-31(16-14-30)26-23-7-6-22(27)18-21(23)5-4-20-3-2-10-28-25(20)26/h2-3,6-12,18,26H,4-5,13-17H2,1H3/q+1. The number of nitrogens with zero attached hydrogens (tertiary/aromatic N) is 4. The number of pyridine rings is 2. The molecule has 1 fully saturated rings. The van der Waals surface area contributed by atoms with Crippen molar-refractivity contribution in [2.24, 2.45) is 7.05 Å². The number of aryl methyl sites for hydroxylation is 3. The number of benzene rings is 1. The van der Waals surface area contributed by atoms with Crippen molar-refractivity contribution in [2.45, 2.75) is 25.3 Å². The van der Waals surface area contributed by atoms with Gasteiger partial charge in [-0.05, 0) is 53.3 Å². The Morgan fingerprint density at radius 3 is 2.59 bits per heavy atom. The van der Waals surface area contributed by atoms with Gasteiger partial charge in [0.1, 0.15) is 7.05 Å². The van der Waals surface area contributed by atoms with Crippen LogP contribution in [0, 0.1) is 0 Å². The number of carbonyl (C=O) groups is 1. The molecule has 1 aliphatic heterocycles. The maximum absolute atomic E-state index is 12.9. The molecule has 1 amide bonds. The van der Waals surface area contributed by atoms with E-state index in [0.29, 0.717) is 6.42 Å². The van der Waals surface area contributed by atoms with Crippen molar-refractivity contribution >= 4 is 17.5 Å². The first-order valence-electron chi connectivity index (χ1n) is 11.3. The summed E-state index contributed by atoms with van der Waals surface area (Å²) in [6.07, 6.45) is 8.27. The van der Waals surface area contributed by atoms with Crippen molar-refractivity contribution in [3.05, 3.63) is 94.0 Å². The Bertz CT molecular complexity index is 1120. The number of hydrogen-bond donors (Lipinski definition) is 0. The third kappa shape index (κ3) is 4.27. The molecule has 1 aromatic carbocycles. The number of aromatic nitrogens is 2. The molecule has 1 atom stereocenters. The van der Waals surface area contributed by atoms with E-state index in [9.17, 15) is 4.79 Å². The molecule has 0 N–H and O–H groups in total. The van der Waals surface area contributed by atoms with Gasteiger partial charge in [0.2, 0.25) is 5.91 Å². The van der Waals surface area contributed by atoms with Gasteiger partial charge in [-0.1, -0.05) is 23.7 Å². The molecule has 1 unspecified atom stereocenters. The minimum absolute atomic E-state index is 0.104. The molecule has 0 saturated carbocycles. The van der Waals surface area contributed by atoms with Crippen molar-refractivity contribution in [2.75, 3.05) is 26.2 Å². The van der Waals surface area contributed by atoms with Crippen LogP contribution in [-0.2, 0) is 31.1 Å². The number of hydrogen-bond acceptors (Lipinski definition) is 3. The SMILES string of the molecule is C[n+]1ccc(CC(=O)N2CCN(C3c4ccc(Cl)cc4CCc4cccnc43)CC2)cc1. The second-order valence-corrected chi connectivity index (χ2v) is 9.20. The Hall–Kier alpha value is -2.76. The lowest BCUT2D eigenvalue weighted by atomic mass is 9.96. The minimum atomic E-state index is 0.104. The van der Waals surface area contributed by atoms with Crippen LogP contribution in [0.3, 0.4) is 0 Å². The zero-order valence-electron chi connectivity index (χ0n) is 18.4. The monoisotopic (exact) mass is 447 g/mol. The highest BCUT2D eigenvalue weighted by molar-refractivity contribution is 6.30. The summed E-state index contributed by atoms with van der Waals surface area (Å²) in [6, 6.07) is 14.6. The molecule has 2 aromatic heterocycles. The quantitative estimate of drug-likeness (QED) is 0.579. The van der Waals surface area contributed by atoms with E-state index in [4.69, 9.17) is 16.6 Å². The molecule has 0 spiro atoms. The van der Waals surface area contributed by atoms with Crippen molar-refractivity contribution in [3.8, 4) is 0 Å². The summed E-state index contributed by atoms with van der Waals surface area (Å²) in [4.78, 5) is 22.2. The highest BCUT2D eigenvalue weighted by Gasteiger charge is 2.33. The summed E-state index contributed by atoms with van der Waals surface area (Å²) in [7, 11) is 1.98. The number of halogens is 1. The Morgan fingerprint density at radius 1 is 1.06 bits per heavy atom. The summed E-state index contributed by atoms with van der Waals surface area (Å²) in [5.41, 5.74) is 6.11. The molecular weight excluding hydrogens is 420 g/mol. The lowest BCUT2D eigenvalue weighted by Crippen LogP contribution is -2.50. The van der Waals surface area contributed by atoms with Crippen LogP contribution >= 0.6 is 11.6 Å². The van der Waals surface area contributed by atoms with E-state index in [-0.39, 0.29) is 11.9 Å². The van der Waals surface area contributed by atoms with E-state index in [2.05, 4.69) is 23.1 Å². The summed E-state index contributed by atoms with van der Waals surface area (Å²) in [5, 5.41) is 0.784. The molecule has 3 aromatic rings. The molecule has 3 heterocycles. The summed E-state index contributed by atoms with van der Waals surface area (Å²) in [5.74, 6) is 0.199. The summed E-state index contributed by atoms with van der Waals surface area (Å²) in [6.45, 7) is 3.14. The molecular formula is C26H28ClN4O+. The van der Waals surface area contributed by atoms with Gasteiger partial charge in [-0.3, -0.25) is 14.7 Å². The molecule has 2 aliphatic rings. The van der Waals surface area contributed by atoms with E-state index in [1.165, 1.54) is 16.7 Å². The van der Waals surface area contributed by atoms with E-state index in [0.717, 1.165) is 55.3 Å². The third-order valence-corrected chi connectivity index (χ3v) is 6.92. The Labute approximate surface area is 194 Å². The number of fused-ring (bicyclic) bond motifs is 2. The summed E-state index contributed by atoms with van der Waals surface area (Å²) >= 11 is 6.33. The van der Waals surface area contributed by atoms with Gasteiger partial charge in [-0.15, -0.1) is 0 Å². The molecule has 1 aliphatic carbocycles. The van der Waals surface area contributed by atoms with E-state index in [1.807, 2.05) is 59.4 Å². The van der Waals surface area contributed by atoms with E-state index < -0.39 is 0 Å². The third-order valence-electron chi connectivity index (χ3n) is 6.68. The van der Waals surface area contributed by atoms with Gasteiger partial charge < -0.3 is 4.90 Å². The first kappa shape index (κ1) is 21.1. The summed E-state index contributed by atoms with van der Waals surface area (Å²) < 4.78 is 1.98.